The largest absolute Gasteiger partial charge is 0.496 e. The zero-order valence-corrected chi connectivity index (χ0v) is 9.80. The number of ether oxygens (including phenoxy) is 1. The van der Waals surface area contributed by atoms with Crippen molar-refractivity contribution in [3.63, 3.8) is 0 Å². The maximum absolute atomic E-state index is 12.9. The van der Waals surface area contributed by atoms with Crippen LogP contribution in [0.4, 0.5) is 9.18 Å². The minimum Gasteiger partial charge on any atom is -0.496 e. The van der Waals surface area contributed by atoms with Crippen LogP contribution in [0.3, 0.4) is 0 Å². The molecule has 0 radical (unpaired) electrons. The summed E-state index contributed by atoms with van der Waals surface area (Å²) in [6.07, 6.45) is 0.526. The summed E-state index contributed by atoms with van der Waals surface area (Å²) in [4.78, 5) is 10.3. The van der Waals surface area contributed by atoms with Gasteiger partial charge in [0.15, 0.2) is 0 Å². The van der Waals surface area contributed by atoms with Crippen LogP contribution in [-0.4, -0.2) is 18.5 Å². The molecule has 0 heterocycles. The Labute approximate surface area is 95.7 Å². The number of halogens is 2. The third-order valence-electron chi connectivity index (χ3n) is 1.90. The molecule has 0 aliphatic heterocycles. The second-order valence-electron chi connectivity index (χ2n) is 2.91. The van der Waals surface area contributed by atoms with Gasteiger partial charge in [-0.15, -0.1) is 0 Å². The van der Waals surface area contributed by atoms with Crippen molar-refractivity contribution in [2.45, 2.75) is 6.42 Å². The molecule has 0 saturated heterocycles. The molecule has 0 spiro atoms. The summed E-state index contributed by atoms with van der Waals surface area (Å²) in [5, 5.41) is 2.56. The molecule has 0 atom stereocenters. The van der Waals surface area contributed by atoms with Crippen molar-refractivity contribution in [1.82, 2.24) is 5.32 Å². The molecule has 5 heteroatoms. The van der Waals surface area contributed by atoms with Crippen LogP contribution in [0.5, 0.6) is 5.75 Å². The number of hydrogen-bond acceptors (Lipinski definition) is 2. The highest BCUT2D eigenvalue weighted by atomic mass is 79.9. The summed E-state index contributed by atoms with van der Waals surface area (Å²) in [5.74, 6) is 0.316. The van der Waals surface area contributed by atoms with Gasteiger partial charge in [-0.2, -0.15) is 0 Å². The molecule has 0 saturated carbocycles. The zero-order valence-electron chi connectivity index (χ0n) is 8.22. The normalized spacial score (nSPS) is 9.80. The van der Waals surface area contributed by atoms with E-state index >= 15 is 0 Å². The predicted octanol–water partition coefficient (Wildman–Crippen LogP) is 2.48. The quantitative estimate of drug-likeness (QED) is 0.677. The lowest BCUT2D eigenvalue weighted by atomic mass is 10.1. The molecule has 1 N–H and O–H groups in total. The van der Waals surface area contributed by atoms with E-state index in [1.54, 1.807) is 6.07 Å². The van der Waals surface area contributed by atoms with Gasteiger partial charge in [0.05, 0.1) is 7.11 Å². The lowest BCUT2D eigenvalue weighted by Gasteiger charge is -2.08. The highest BCUT2D eigenvalue weighted by Crippen LogP contribution is 2.19. The number of carbonyl (C=O) groups is 1. The van der Waals surface area contributed by atoms with Crippen LogP contribution in [0.2, 0.25) is 0 Å². The first kappa shape index (κ1) is 12.0. The van der Waals surface area contributed by atoms with E-state index in [9.17, 15) is 9.18 Å². The van der Waals surface area contributed by atoms with Crippen molar-refractivity contribution in [3.05, 3.63) is 29.6 Å². The van der Waals surface area contributed by atoms with Crippen LogP contribution in [0.15, 0.2) is 18.2 Å². The molecule has 1 aromatic carbocycles. The third-order valence-corrected chi connectivity index (χ3v) is 2.18. The van der Waals surface area contributed by atoms with Gasteiger partial charge >= 0.3 is 0 Å². The Kier molecular flexibility index (Phi) is 4.55. The Morgan fingerprint density at radius 3 is 2.93 bits per heavy atom. The molecule has 82 valence electrons. The van der Waals surface area contributed by atoms with E-state index < -0.39 is 0 Å². The third kappa shape index (κ3) is 3.87. The van der Waals surface area contributed by atoms with E-state index in [1.165, 1.54) is 19.2 Å². The maximum atomic E-state index is 12.9. The van der Waals surface area contributed by atoms with Crippen LogP contribution in [0.1, 0.15) is 5.56 Å². The first-order valence-corrected chi connectivity index (χ1v) is 5.18. The second kappa shape index (κ2) is 5.70. The van der Waals surface area contributed by atoms with Crippen LogP contribution in [-0.2, 0) is 6.42 Å². The summed E-state index contributed by atoms with van der Waals surface area (Å²) in [6, 6.07) is 4.31. The maximum Gasteiger partial charge on any atom is 0.287 e. The van der Waals surface area contributed by atoms with Crippen molar-refractivity contribution in [3.8, 4) is 5.75 Å². The molecule has 0 unspecified atom stereocenters. The first-order valence-electron chi connectivity index (χ1n) is 4.39. The minimum atomic E-state index is -0.309. The Morgan fingerprint density at radius 1 is 1.60 bits per heavy atom. The highest BCUT2D eigenvalue weighted by Gasteiger charge is 2.04. The van der Waals surface area contributed by atoms with Crippen LogP contribution in [0.25, 0.3) is 0 Å². The number of amides is 1. The molecule has 0 bridgehead atoms. The van der Waals surface area contributed by atoms with Gasteiger partial charge in [0.1, 0.15) is 11.6 Å². The molecule has 15 heavy (non-hydrogen) atoms. The van der Waals surface area contributed by atoms with Gasteiger partial charge < -0.3 is 10.1 Å². The molecule has 3 nitrogen and oxygen atoms in total. The number of hydrogen-bond donors (Lipinski definition) is 1. The average molecular weight is 276 g/mol. The van der Waals surface area contributed by atoms with Crippen molar-refractivity contribution in [1.29, 1.82) is 0 Å². The number of nitrogens with one attached hydrogen (secondary N) is 1. The van der Waals surface area contributed by atoms with Crippen LogP contribution in [0, 0.1) is 5.82 Å². The number of rotatable bonds is 4. The van der Waals surface area contributed by atoms with Gasteiger partial charge in [-0.1, -0.05) is 0 Å². The van der Waals surface area contributed by atoms with Gasteiger partial charge in [-0.05, 0) is 30.2 Å². The van der Waals surface area contributed by atoms with Crippen molar-refractivity contribution >= 4 is 20.7 Å². The smallest absolute Gasteiger partial charge is 0.287 e. The summed E-state index contributed by atoms with van der Waals surface area (Å²) < 4.78 is 18.0. The monoisotopic (exact) mass is 275 g/mol. The fraction of sp³-hybridized carbons (Fsp3) is 0.300. The first-order chi connectivity index (χ1) is 7.13. The van der Waals surface area contributed by atoms with E-state index in [0.717, 1.165) is 5.56 Å². The van der Waals surface area contributed by atoms with E-state index in [1.807, 2.05) is 0 Å². The molecule has 0 fully saturated rings. The van der Waals surface area contributed by atoms with E-state index in [-0.39, 0.29) is 10.6 Å². The SMILES string of the molecule is COc1ccc(F)cc1CCNC(=O)Br. The summed E-state index contributed by atoms with van der Waals surface area (Å²) >= 11 is 2.74. The molecule has 1 rings (SSSR count). The Balaban J connectivity index is 2.65. The number of benzene rings is 1. The molecule has 0 aromatic heterocycles. The lowest BCUT2D eigenvalue weighted by molar-refractivity contribution is 0.262. The van der Waals surface area contributed by atoms with Crippen molar-refractivity contribution < 1.29 is 13.9 Å². The molecule has 0 aliphatic carbocycles. The molecule has 1 amide bonds. The van der Waals surface area contributed by atoms with Crippen LogP contribution < -0.4 is 10.1 Å². The van der Waals surface area contributed by atoms with Crippen molar-refractivity contribution in [2.24, 2.45) is 0 Å². The summed E-state index contributed by atoms with van der Waals surface area (Å²) in [7, 11) is 1.53. The fourth-order valence-electron chi connectivity index (χ4n) is 1.24. The van der Waals surface area contributed by atoms with Gasteiger partial charge in [0, 0.05) is 22.5 Å². The average Bonchev–Trinajstić information content (AvgIpc) is 2.17. The van der Waals surface area contributed by atoms with Crippen LogP contribution >= 0.6 is 15.9 Å². The Bertz CT molecular complexity index is 357. The molecule has 1 aromatic rings. The zero-order chi connectivity index (χ0) is 11.3. The Morgan fingerprint density at radius 2 is 2.33 bits per heavy atom. The van der Waals surface area contributed by atoms with Gasteiger partial charge in [0.25, 0.3) is 4.82 Å². The lowest BCUT2D eigenvalue weighted by Crippen LogP contribution is -2.19. The topological polar surface area (TPSA) is 38.3 Å². The molecule has 0 aliphatic rings. The Hall–Kier alpha value is -1.10. The molecular formula is C10H11BrFNO2. The second-order valence-corrected chi connectivity index (χ2v) is 3.63. The highest BCUT2D eigenvalue weighted by molar-refractivity contribution is 9.18. The van der Waals surface area contributed by atoms with E-state index in [0.29, 0.717) is 18.7 Å². The van der Waals surface area contributed by atoms with E-state index in [4.69, 9.17) is 4.74 Å². The number of methoxy groups -OCH3 is 1. The molecular weight excluding hydrogens is 265 g/mol. The number of carbonyl (C=O) groups excluding carboxylic acids is 1. The standard InChI is InChI=1S/C10H11BrFNO2/c1-15-9-3-2-8(12)6-7(9)4-5-13-10(11)14/h2-3,6H,4-5H2,1H3,(H,13,14). The predicted molar refractivity (Wildman–Crippen MR) is 59.0 cm³/mol. The van der Waals surface area contributed by atoms with Gasteiger partial charge in [-0.25, -0.2) is 4.39 Å². The van der Waals surface area contributed by atoms with Gasteiger partial charge in [0.2, 0.25) is 0 Å². The fourth-order valence-corrected chi connectivity index (χ4v) is 1.44. The van der Waals surface area contributed by atoms with Gasteiger partial charge in [-0.3, -0.25) is 4.79 Å². The summed E-state index contributed by atoms with van der Waals surface area (Å²) in [5.41, 5.74) is 0.735. The van der Waals surface area contributed by atoms with Crippen molar-refractivity contribution in [2.75, 3.05) is 13.7 Å². The van der Waals surface area contributed by atoms with E-state index in [2.05, 4.69) is 21.2 Å². The summed E-state index contributed by atoms with van der Waals surface area (Å²) in [6.45, 7) is 0.434. The minimum absolute atomic E-state index is 0.280.